The SMILES string of the molecule is C=CCN1CCN(C(=O)[C@@H](C)Oc2ccc(F)cc2)CC1. The predicted molar refractivity (Wildman–Crippen MR) is 79.7 cm³/mol. The lowest BCUT2D eigenvalue weighted by Gasteiger charge is -2.35. The fourth-order valence-electron chi connectivity index (χ4n) is 2.36. The summed E-state index contributed by atoms with van der Waals surface area (Å²) in [5.74, 6) is 0.153. The Hall–Kier alpha value is -1.88. The van der Waals surface area contributed by atoms with Crippen molar-refractivity contribution in [1.82, 2.24) is 9.80 Å². The lowest BCUT2D eigenvalue weighted by atomic mass is 10.2. The maximum absolute atomic E-state index is 12.8. The van der Waals surface area contributed by atoms with E-state index in [0.717, 1.165) is 19.6 Å². The van der Waals surface area contributed by atoms with Gasteiger partial charge in [-0.1, -0.05) is 6.08 Å². The van der Waals surface area contributed by atoms with Crippen LogP contribution in [0.3, 0.4) is 0 Å². The second kappa shape index (κ2) is 7.22. The first-order valence-corrected chi connectivity index (χ1v) is 7.14. The number of nitrogens with zero attached hydrogens (tertiary/aromatic N) is 2. The van der Waals surface area contributed by atoms with Gasteiger partial charge in [0.1, 0.15) is 11.6 Å². The smallest absolute Gasteiger partial charge is 0.263 e. The minimum Gasteiger partial charge on any atom is -0.481 e. The van der Waals surface area contributed by atoms with E-state index in [0.29, 0.717) is 18.8 Å². The van der Waals surface area contributed by atoms with Gasteiger partial charge in [0.2, 0.25) is 0 Å². The fraction of sp³-hybridized carbons (Fsp3) is 0.438. The summed E-state index contributed by atoms with van der Waals surface area (Å²) in [6.07, 6.45) is 1.30. The summed E-state index contributed by atoms with van der Waals surface area (Å²) in [6.45, 7) is 9.39. The molecule has 114 valence electrons. The molecule has 1 aliphatic rings. The molecule has 0 aromatic heterocycles. The van der Waals surface area contributed by atoms with E-state index in [1.807, 2.05) is 11.0 Å². The maximum Gasteiger partial charge on any atom is 0.263 e. The molecule has 1 heterocycles. The lowest BCUT2D eigenvalue weighted by Crippen LogP contribution is -2.51. The molecule has 1 amide bonds. The molecule has 0 bridgehead atoms. The highest BCUT2D eigenvalue weighted by atomic mass is 19.1. The fourth-order valence-corrected chi connectivity index (χ4v) is 2.36. The summed E-state index contributed by atoms with van der Waals surface area (Å²) >= 11 is 0. The predicted octanol–water partition coefficient (Wildman–Crippen LogP) is 1.92. The van der Waals surface area contributed by atoms with Crippen LogP contribution in [0.1, 0.15) is 6.92 Å². The van der Waals surface area contributed by atoms with Gasteiger partial charge in [0, 0.05) is 32.7 Å². The lowest BCUT2D eigenvalue weighted by molar-refractivity contribution is -0.139. The van der Waals surface area contributed by atoms with Crippen molar-refractivity contribution in [3.8, 4) is 5.75 Å². The van der Waals surface area contributed by atoms with Crippen molar-refractivity contribution < 1.29 is 13.9 Å². The molecule has 21 heavy (non-hydrogen) atoms. The average Bonchev–Trinajstić information content (AvgIpc) is 2.50. The van der Waals surface area contributed by atoms with Crippen molar-refractivity contribution in [2.24, 2.45) is 0 Å². The van der Waals surface area contributed by atoms with Crippen molar-refractivity contribution in [3.63, 3.8) is 0 Å². The van der Waals surface area contributed by atoms with E-state index in [1.165, 1.54) is 24.3 Å². The summed E-state index contributed by atoms with van der Waals surface area (Å²) < 4.78 is 18.4. The Kier molecular flexibility index (Phi) is 5.33. The molecular formula is C16H21FN2O2. The monoisotopic (exact) mass is 292 g/mol. The van der Waals surface area contributed by atoms with Gasteiger partial charge in [-0.15, -0.1) is 6.58 Å². The maximum atomic E-state index is 12.8. The summed E-state index contributed by atoms with van der Waals surface area (Å²) in [5, 5.41) is 0. The molecule has 0 spiro atoms. The molecule has 4 nitrogen and oxygen atoms in total. The van der Waals surface area contributed by atoms with Crippen LogP contribution < -0.4 is 4.74 Å². The summed E-state index contributed by atoms with van der Waals surface area (Å²) in [4.78, 5) is 16.4. The van der Waals surface area contributed by atoms with Gasteiger partial charge in [-0.25, -0.2) is 4.39 Å². The van der Waals surface area contributed by atoms with Crippen LogP contribution in [0.2, 0.25) is 0 Å². The number of ether oxygens (including phenoxy) is 1. The van der Waals surface area contributed by atoms with Crippen LogP contribution in [0.4, 0.5) is 4.39 Å². The Morgan fingerprint density at radius 3 is 2.52 bits per heavy atom. The van der Waals surface area contributed by atoms with E-state index in [1.54, 1.807) is 6.92 Å². The highest BCUT2D eigenvalue weighted by molar-refractivity contribution is 5.81. The zero-order valence-electron chi connectivity index (χ0n) is 12.3. The topological polar surface area (TPSA) is 32.8 Å². The van der Waals surface area contributed by atoms with Crippen LogP contribution in [0.25, 0.3) is 0 Å². The third-order valence-corrected chi connectivity index (χ3v) is 3.55. The highest BCUT2D eigenvalue weighted by Gasteiger charge is 2.25. The normalized spacial score (nSPS) is 17.3. The molecule has 1 aliphatic heterocycles. The molecule has 1 saturated heterocycles. The first-order chi connectivity index (χ1) is 10.1. The molecule has 1 aromatic rings. The Bertz CT molecular complexity index is 482. The number of rotatable bonds is 5. The van der Waals surface area contributed by atoms with Gasteiger partial charge >= 0.3 is 0 Å². The number of benzene rings is 1. The van der Waals surface area contributed by atoms with Gasteiger partial charge in [0.05, 0.1) is 0 Å². The number of carbonyl (C=O) groups is 1. The van der Waals surface area contributed by atoms with Crippen LogP contribution in [0.15, 0.2) is 36.9 Å². The Balaban J connectivity index is 1.85. The molecule has 0 aliphatic carbocycles. The molecule has 1 fully saturated rings. The number of hydrogen-bond acceptors (Lipinski definition) is 3. The average molecular weight is 292 g/mol. The van der Waals surface area contributed by atoms with E-state index in [2.05, 4.69) is 11.5 Å². The number of halogens is 1. The van der Waals surface area contributed by atoms with E-state index in [-0.39, 0.29) is 11.7 Å². The van der Waals surface area contributed by atoms with Gasteiger partial charge < -0.3 is 9.64 Å². The third kappa shape index (κ3) is 4.29. The summed E-state index contributed by atoms with van der Waals surface area (Å²) in [7, 11) is 0. The van der Waals surface area contributed by atoms with Gasteiger partial charge in [-0.2, -0.15) is 0 Å². The largest absolute Gasteiger partial charge is 0.481 e. The van der Waals surface area contributed by atoms with E-state index >= 15 is 0 Å². The van der Waals surface area contributed by atoms with E-state index < -0.39 is 6.10 Å². The molecule has 0 unspecified atom stereocenters. The van der Waals surface area contributed by atoms with Crippen LogP contribution in [0, 0.1) is 5.82 Å². The van der Waals surface area contributed by atoms with Crippen molar-refractivity contribution in [2.45, 2.75) is 13.0 Å². The molecule has 0 saturated carbocycles. The Morgan fingerprint density at radius 1 is 1.33 bits per heavy atom. The zero-order valence-corrected chi connectivity index (χ0v) is 12.3. The van der Waals surface area contributed by atoms with Crippen molar-refractivity contribution in [1.29, 1.82) is 0 Å². The van der Waals surface area contributed by atoms with Gasteiger partial charge in [-0.05, 0) is 31.2 Å². The van der Waals surface area contributed by atoms with E-state index in [9.17, 15) is 9.18 Å². The third-order valence-electron chi connectivity index (χ3n) is 3.55. The number of amides is 1. The van der Waals surface area contributed by atoms with Gasteiger partial charge in [0.15, 0.2) is 6.10 Å². The van der Waals surface area contributed by atoms with Crippen LogP contribution in [-0.4, -0.2) is 54.5 Å². The number of piperazine rings is 1. The second-order valence-electron chi connectivity index (χ2n) is 5.13. The molecule has 2 rings (SSSR count). The second-order valence-corrected chi connectivity index (χ2v) is 5.13. The summed E-state index contributed by atoms with van der Waals surface area (Å²) in [5.41, 5.74) is 0. The summed E-state index contributed by atoms with van der Waals surface area (Å²) in [6, 6.07) is 5.70. The van der Waals surface area contributed by atoms with Crippen molar-refractivity contribution >= 4 is 5.91 Å². The number of hydrogen-bond donors (Lipinski definition) is 0. The molecule has 1 aromatic carbocycles. The molecule has 0 radical (unpaired) electrons. The Labute approximate surface area is 124 Å². The minimum absolute atomic E-state index is 0.0300. The first-order valence-electron chi connectivity index (χ1n) is 7.14. The highest BCUT2D eigenvalue weighted by Crippen LogP contribution is 2.14. The van der Waals surface area contributed by atoms with Crippen LogP contribution in [0.5, 0.6) is 5.75 Å². The molecule has 1 atom stereocenters. The van der Waals surface area contributed by atoms with Gasteiger partial charge in [-0.3, -0.25) is 9.69 Å². The molecular weight excluding hydrogens is 271 g/mol. The van der Waals surface area contributed by atoms with Gasteiger partial charge in [0.25, 0.3) is 5.91 Å². The van der Waals surface area contributed by atoms with Crippen molar-refractivity contribution in [2.75, 3.05) is 32.7 Å². The Morgan fingerprint density at radius 2 is 1.95 bits per heavy atom. The first kappa shape index (κ1) is 15.5. The van der Waals surface area contributed by atoms with Crippen molar-refractivity contribution in [3.05, 3.63) is 42.7 Å². The molecule has 5 heteroatoms. The quantitative estimate of drug-likeness (QED) is 0.777. The zero-order chi connectivity index (χ0) is 15.2. The minimum atomic E-state index is -0.568. The standard InChI is InChI=1S/C16H21FN2O2/c1-3-8-18-9-11-19(12-10-18)16(20)13(2)21-15-6-4-14(17)5-7-15/h3-7,13H,1,8-12H2,2H3/t13-/m1/s1. The molecule has 0 N–H and O–H groups in total. The van der Waals surface area contributed by atoms with Crippen LogP contribution >= 0.6 is 0 Å². The van der Waals surface area contributed by atoms with Crippen LogP contribution in [-0.2, 0) is 4.79 Å². The number of carbonyl (C=O) groups excluding carboxylic acids is 1. The van der Waals surface area contributed by atoms with E-state index in [4.69, 9.17) is 4.74 Å².